The van der Waals surface area contributed by atoms with Crippen LogP contribution < -0.4 is 10.6 Å². The molecule has 1 atom stereocenters. The molecule has 1 aliphatic heterocycles. The third-order valence-electron chi connectivity index (χ3n) is 5.22. The molecule has 3 rings (SSSR count). The molecule has 0 amide bonds. The summed E-state index contributed by atoms with van der Waals surface area (Å²) in [5.41, 5.74) is 1.12. The van der Waals surface area contributed by atoms with E-state index in [0.717, 1.165) is 50.5 Å². The number of aliphatic imine (C=N–C) groups is 1. The van der Waals surface area contributed by atoms with Gasteiger partial charge in [0.2, 0.25) is 0 Å². The van der Waals surface area contributed by atoms with E-state index in [2.05, 4.69) is 29.5 Å². The highest BCUT2D eigenvalue weighted by Gasteiger charge is 2.44. The lowest BCUT2D eigenvalue weighted by Crippen LogP contribution is -2.40. The monoisotopic (exact) mass is 332 g/mol. The van der Waals surface area contributed by atoms with E-state index in [0.29, 0.717) is 5.92 Å². The van der Waals surface area contributed by atoms with Gasteiger partial charge in [0.15, 0.2) is 5.96 Å². The average Bonchev–Trinajstić information content (AvgIpc) is 3.25. The summed E-state index contributed by atoms with van der Waals surface area (Å²) in [5.74, 6) is 1.42. The SMILES string of the molecule is CCNC(=NCC1(c2cccc(F)c2)CC1)NCC1CCN(C)C1. The number of hydrogen-bond acceptors (Lipinski definition) is 2. The molecule has 132 valence electrons. The van der Waals surface area contributed by atoms with Crippen molar-refractivity contribution in [2.24, 2.45) is 10.9 Å². The van der Waals surface area contributed by atoms with Crippen LogP contribution in [0, 0.1) is 11.7 Å². The molecule has 1 aliphatic carbocycles. The van der Waals surface area contributed by atoms with Gasteiger partial charge in [-0.25, -0.2) is 4.39 Å². The maximum Gasteiger partial charge on any atom is 0.191 e. The molecule has 0 radical (unpaired) electrons. The number of benzene rings is 1. The number of halogens is 1. The van der Waals surface area contributed by atoms with Crippen molar-refractivity contribution in [1.82, 2.24) is 15.5 Å². The minimum absolute atomic E-state index is 0.0397. The van der Waals surface area contributed by atoms with Gasteiger partial charge in [-0.05, 0) is 63.4 Å². The lowest BCUT2D eigenvalue weighted by Gasteiger charge is -2.18. The third kappa shape index (κ3) is 4.26. The minimum atomic E-state index is -0.155. The molecule has 2 aliphatic rings. The van der Waals surface area contributed by atoms with Crippen LogP contribution in [0.1, 0.15) is 31.7 Å². The van der Waals surface area contributed by atoms with E-state index in [1.54, 1.807) is 12.1 Å². The first kappa shape index (κ1) is 17.2. The molecule has 24 heavy (non-hydrogen) atoms. The van der Waals surface area contributed by atoms with Crippen molar-refractivity contribution in [3.8, 4) is 0 Å². The highest BCUT2D eigenvalue weighted by molar-refractivity contribution is 5.79. The van der Waals surface area contributed by atoms with Gasteiger partial charge in [-0.3, -0.25) is 4.99 Å². The van der Waals surface area contributed by atoms with E-state index in [1.807, 2.05) is 6.07 Å². The zero-order valence-corrected chi connectivity index (χ0v) is 14.8. The largest absolute Gasteiger partial charge is 0.357 e. The predicted octanol–water partition coefficient (Wildman–Crippen LogP) is 2.36. The van der Waals surface area contributed by atoms with Crippen LogP contribution in [0.4, 0.5) is 4.39 Å². The van der Waals surface area contributed by atoms with Crippen molar-refractivity contribution in [3.05, 3.63) is 35.6 Å². The number of likely N-dealkylation sites (tertiary alicyclic amines) is 1. The number of nitrogens with zero attached hydrogens (tertiary/aromatic N) is 2. The van der Waals surface area contributed by atoms with Crippen molar-refractivity contribution in [2.45, 2.75) is 31.6 Å². The molecular formula is C19H29FN4. The predicted molar refractivity (Wildman–Crippen MR) is 96.9 cm³/mol. The van der Waals surface area contributed by atoms with E-state index in [9.17, 15) is 4.39 Å². The molecule has 1 aromatic rings. The van der Waals surface area contributed by atoms with E-state index in [1.165, 1.54) is 19.0 Å². The molecule has 2 N–H and O–H groups in total. The summed E-state index contributed by atoms with van der Waals surface area (Å²) in [6, 6.07) is 7.00. The van der Waals surface area contributed by atoms with Gasteiger partial charge >= 0.3 is 0 Å². The van der Waals surface area contributed by atoms with Gasteiger partial charge in [-0.15, -0.1) is 0 Å². The molecule has 0 bridgehead atoms. The Morgan fingerprint density at radius 3 is 2.83 bits per heavy atom. The van der Waals surface area contributed by atoms with Gasteiger partial charge in [-0.2, -0.15) is 0 Å². The Hall–Kier alpha value is -1.62. The number of guanidine groups is 1. The Labute approximate surface area is 144 Å². The Morgan fingerprint density at radius 2 is 2.21 bits per heavy atom. The molecule has 1 saturated carbocycles. The van der Waals surface area contributed by atoms with Gasteiger partial charge in [0.25, 0.3) is 0 Å². The van der Waals surface area contributed by atoms with Crippen LogP contribution in [-0.4, -0.2) is 50.6 Å². The topological polar surface area (TPSA) is 39.7 Å². The Morgan fingerprint density at radius 1 is 1.38 bits per heavy atom. The molecule has 5 heteroatoms. The molecule has 1 heterocycles. The fourth-order valence-electron chi connectivity index (χ4n) is 3.51. The molecule has 1 aromatic carbocycles. The zero-order valence-electron chi connectivity index (χ0n) is 14.8. The van der Waals surface area contributed by atoms with Crippen LogP contribution in [0.5, 0.6) is 0 Å². The standard InChI is InChI=1S/C19H29FN4/c1-3-21-18(22-12-15-7-10-24(2)13-15)23-14-19(8-9-19)16-5-4-6-17(20)11-16/h4-6,11,15H,3,7-10,12-14H2,1-2H3,(H2,21,22,23). The fraction of sp³-hybridized carbons (Fsp3) is 0.632. The summed E-state index contributed by atoms with van der Waals surface area (Å²) in [5, 5.41) is 6.82. The van der Waals surface area contributed by atoms with Crippen LogP contribution in [0.3, 0.4) is 0 Å². The van der Waals surface area contributed by atoms with Gasteiger partial charge in [0.05, 0.1) is 6.54 Å². The van der Waals surface area contributed by atoms with E-state index >= 15 is 0 Å². The van der Waals surface area contributed by atoms with Gasteiger partial charge < -0.3 is 15.5 Å². The first-order valence-electron chi connectivity index (χ1n) is 9.08. The molecule has 1 saturated heterocycles. The summed E-state index contributed by atoms with van der Waals surface area (Å²) in [6.07, 6.45) is 3.43. The second-order valence-corrected chi connectivity index (χ2v) is 7.28. The first-order valence-corrected chi connectivity index (χ1v) is 9.08. The minimum Gasteiger partial charge on any atom is -0.357 e. The zero-order chi connectivity index (χ0) is 17.0. The van der Waals surface area contributed by atoms with Crippen molar-refractivity contribution in [2.75, 3.05) is 39.8 Å². The van der Waals surface area contributed by atoms with Crippen molar-refractivity contribution < 1.29 is 4.39 Å². The van der Waals surface area contributed by atoms with E-state index < -0.39 is 0 Å². The fourth-order valence-corrected chi connectivity index (χ4v) is 3.51. The third-order valence-corrected chi connectivity index (χ3v) is 5.22. The van der Waals surface area contributed by atoms with Gasteiger partial charge in [-0.1, -0.05) is 12.1 Å². The first-order chi connectivity index (χ1) is 11.6. The average molecular weight is 332 g/mol. The number of nitrogens with one attached hydrogen (secondary N) is 2. The summed E-state index contributed by atoms with van der Waals surface area (Å²) in [6.45, 7) is 6.95. The lowest BCUT2D eigenvalue weighted by atomic mass is 9.96. The van der Waals surface area contributed by atoms with Crippen molar-refractivity contribution >= 4 is 5.96 Å². The summed E-state index contributed by atoms with van der Waals surface area (Å²) >= 11 is 0. The van der Waals surface area contributed by atoms with Crippen LogP contribution in [-0.2, 0) is 5.41 Å². The Kier molecular flexibility index (Phi) is 5.39. The normalized spacial score (nSPS) is 23.3. The molecule has 4 nitrogen and oxygen atoms in total. The molecule has 1 unspecified atom stereocenters. The Balaban J connectivity index is 1.59. The van der Waals surface area contributed by atoms with Gasteiger partial charge in [0.1, 0.15) is 5.82 Å². The maximum atomic E-state index is 13.5. The quantitative estimate of drug-likeness (QED) is 0.621. The summed E-state index contributed by atoms with van der Waals surface area (Å²) < 4.78 is 13.5. The van der Waals surface area contributed by atoms with E-state index in [-0.39, 0.29) is 11.2 Å². The highest BCUT2D eigenvalue weighted by atomic mass is 19.1. The van der Waals surface area contributed by atoms with Crippen LogP contribution in [0.2, 0.25) is 0 Å². The Bertz CT molecular complexity index is 582. The summed E-state index contributed by atoms with van der Waals surface area (Å²) in [4.78, 5) is 7.17. The van der Waals surface area contributed by atoms with Gasteiger partial charge in [0, 0.05) is 25.0 Å². The van der Waals surface area contributed by atoms with E-state index in [4.69, 9.17) is 4.99 Å². The van der Waals surface area contributed by atoms with Crippen LogP contribution in [0.15, 0.2) is 29.3 Å². The smallest absolute Gasteiger partial charge is 0.191 e. The van der Waals surface area contributed by atoms with Crippen molar-refractivity contribution in [1.29, 1.82) is 0 Å². The van der Waals surface area contributed by atoms with Crippen LogP contribution in [0.25, 0.3) is 0 Å². The van der Waals surface area contributed by atoms with Crippen molar-refractivity contribution in [3.63, 3.8) is 0 Å². The molecule has 0 spiro atoms. The lowest BCUT2D eigenvalue weighted by molar-refractivity contribution is 0.394. The summed E-state index contributed by atoms with van der Waals surface area (Å²) in [7, 11) is 2.18. The van der Waals surface area contributed by atoms with Crippen LogP contribution >= 0.6 is 0 Å². The molecule has 0 aromatic heterocycles. The number of rotatable bonds is 6. The second kappa shape index (κ2) is 7.51. The second-order valence-electron chi connectivity index (χ2n) is 7.28. The maximum absolute atomic E-state index is 13.5. The number of hydrogen-bond donors (Lipinski definition) is 2. The molecule has 2 fully saturated rings. The molecular weight excluding hydrogens is 303 g/mol. The highest BCUT2D eigenvalue weighted by Crippen LogP contribution is 2.48.